The van der Waals surface area contributed by atoms with Crippen molar-refractivity contribution in [3.8, 4) is 11.3 Å². The first-order valence-electron chi connectivity index (χ1n) is 13.1. The van der Waals surface area contributed by atoms with E-state index in [9.17, 15) is 9.11 Å². The lowest BCUT2D eigenvalue weighted by molar-refractivity contribution is 0.278. The van der Waals surface area contributed by atoms with Gasteiger partial charge in [-0.2, -0.15) is 15.6 Å². The molecule has 200 valence electrons. The van der Waals surface area contributed by atoms with Gasteiger partial charge in [0.15, 0.2) is 5.65 Å². The maximum Gasteiger partial charge on any atom is 0.247 e. The predicted molar refractivity (Wildman–Crippen MR) is 156 cm³/mol. The Morgan fingerprint density at radius 1 is 0.868 bits per heavy atom. The first-order chi connectivity index (χ1) is 18.4. The van der Waals surface area contributed by atoms with Gasteiger partial charge >= 0.3 is 0 Å². The number of likely N-dealkylation sites (N-methyl/N-ethyl adjacent to an activating group) is 1. The molecule has 2 aliphatic rings. The summed E-state index contributed by atoms with van der Waals surface area (Å²) in [5.41, 5.74) is 6.23. The normalized spacial score (nSPS) is 19.5. The summed E-state index contributed by atoms with van der Waals surface area (Å²) in [5, 5.41) is 8.19. The van der Waals surface area contributed by atoms with Crippen molar-refractivity contribution in [1.29, 1.82) is 0 Å². The van der Waals surface area contributed by atoms with Crippen molar-refractivity contribution in [2.24, 2.45) is 0 Å². The fraction of sp³-hybridized carbons (Fsp3) is 0.357. The van der Waals surface area contributed by atoms with Gasteiger partial charge in [0.1, 0.15) is 0 Å². The fourth-order valence-electron chi connectivity index (χ4n) is 5.11. The number of hydrogen-bond acceptors (Lipinski definition) is 8. The van der Waals surface area contributed by atoms with Crippen LogP contribution >= 0.6 is 10.6 Å². The fourth-order valence-corrected chi connectivity index (χ4v) is 6.42. The molecular formula is C28H35N7O2S. The summed E-state index contributed by atoms with van der Waals surface area (Å²) in [7, 11) is -0.196. The van der Waals surface area contributed by atoms with E-state index in [1.54, 1.807) is 0 Å². The Morgan fingerprint density at radius 2 is 1.61 bits per heavy atom. The zero-order valence-electron chi connectivity index (χ0n) is 21.7. The highest BCUT2D eigenvalue weighted by molar-refractivity contribution is 8.24. The highest BCUT2D eigenvalue weighted by atomic mass is 32.3. The third-order valence-corrected chi connectivity index (χ3v) is 9.13. The summed E-state index contributed by atoms with van der Waals surface area (Å²) in [4.78, 5) is 11.8. The molecule has 2 aliphatic heterocycles. The average molecular weight is 534 g/mol. The van der Waals surface area contributed by atoms with Crippen LogP contribution in [0.1, 0.15) is 5.56 Å². The van der Waals surface area contributed by atoms with Crippen LogP contribution in [0.3, 0.4) is 0 Å². The number of piperazine rings is 1. The van der Waals surface area contributed by atoms with Gasteiger partial charge in [-0.25, -0.2) is 4.52 Å². The molecule has 4 heterocycles. The van der Waals surface area contributed by atoms with E-state index in [0.717, 1.165) is 68.4 Å². The van der Waals surface area contributed by atoms with Crippen LogP contribution in [0.25, 0.3) is 16.9 Å². The van der Waals surface area contributed by atoms with Crippen molar-refractivity contribution in [3.63, 3.8) is 0 Å². The lowest BCUT2D eigenvalue weighted by Crippen LogP contribution is -2.44. The lowest BCUT2D eigenvalue weighted by Gasteiger charge is -2.41. The lowest BCUT2D eigenvalue weighted by atomic mass is 10.1. The van der Waals surface area contributed by atoms with Gasteiger partial charge in [0.2, 0.25) is 5.95 Å². The molecule has 38 heavy (non-hydrogen) atoms. The molecular weight excluding hydrogens is 498 g/mol. The Morgan fingerprint density at radius 3 is 2.37 bits per heavy atom. The second-order valence-electron chi connectivity index (χ2n) is 10.3. The average Bonchev–Trinajstić information content (AvgIpc) is 3.33. The van der Waals surface area contributed by atoms with E-state index in [4.69, 9.17) is 10.1 Å². The first kappa shape index (κ1) is 25.1. The molecule has 0 saturated carbocycles. The maximum absolute atomic E-state index is 9.86. The number of nitrogens with zero attached hydrogens (tertiary/aromatic N) is 6. The number of hydrogen-bond donors (Lipinski definition) is 3. The van der Waals surface area contributed by atoms with E-state index in [2.05, 4.69) is 81.7 Å². The van der Waals surface area contributed by atoms with Crippen molar-refractivity contribution in [1.82, 2.24) is 24.4 Å². The number of nitrogens with one attached hydrogen (secondary N) is 1. The molecule has 0 radical (unpaired) electrons. The topological polar surface area (TPSA) is 92.4 Å². The van der Waals surface area contributed by atoms with Gasteiger partial charge in [0, 0.05) is 62.8 Å². The molecule has 2 saturated heterocycles. The number of aromatic nitrogens is 3. The van der Waals surface area contributed by atoms with E-state index in [1.807, 2.05) is 16.6 Å². The Hall–Kier alpha value is -3.15. The maximum atomic E-state index is 9.86. The van der Waals surface area contributed by atoms with Crippen LogP contribution in [0.5, 0.6) is 0 Å². The second-order valence-corrected chi connectivity index (χ2v) is 12.7. The minimum atomic E-state index is -2.37. The molecule has 6 rings (SSSR count). The van der Waals surface area contributed by atoms with Gasteiger partial charge in [0.05, 0.1) is 17.2 Å². The van der Waals surface area contributed by atoms with Gasteiger partial charge in [-0.3, -0.25) is 14.0 Å². The molecule has 0 spiro atoms. The van der Waals surface area contributed by atoms with E-state index in [-0.39, 0.29) is 0 Å². The van der Waals surface area contributed by atoms with Crippen LogP contribution in [0.2, 0.25) is 0 Å². The van der Waals surface area contributed by atoms with Gasteiger partial charge in [-0.05, 0) is 42.9 Å². The summed E-state index contributed by atoms with van der Waals surface area (Å²) in [6.07, 6.45) is 0. The molecule has 0 aliphatic carbocycles. The third kappa shape index (κ3) is 5.64. The van der Waals surface area contributed by atoms with Gasteiger partial charge in [-0.15, -0.1) is 5.10 Å². The minimum absolute atomic E-state index is 0.468. The summed E-state index contributed by atoms with van der Waals surface area (Å²) >= 11 is 0. The standard InChI is InChI=1S/C28H35N7O2S/c1-32-12-14-34(15-13-32)25-5-2-4-24(20-25)29-28-30-27-7-3-6-26(35(27)31-28)23-10-8-22(9-11-23)21-33-16-18-38(36,37)19-17-33/h2-11,20,36-37H,12-19,21H2,1H3,(H,29,31). The highest BCUT2D eigenvalue weighted by Gasteiger charge is 2.22. The molecule has 9 nitrogen and oxygen atoms in total. The molecule has 0 unspecified atom stereocenters. The molecule has 3 N–H and O–H groups in total. The van der Waals surface area contributed by atoms with Crippen LogP contribution < -0.4 is 10.2 Å². The van der Waals surface area contributed by atoms with E-state index in [1.165, 1.54) is 11.3 Å². The minimum Gasteiger partial charge on any atom is -0.369 e. The number of anilines is 3. The molecule has 0 atom stereocenters. The summed E-state index contributed by atoms with van der Waals surface area (Å²) < 4.78 is 21.6. The number of rotatable bonds is 6. The molecule has 0 amide bonds. The first-order valence-corrected chi connectivity index (χ1v) is 15.0. The van der Waals surface area contributed by atoms with Crippen molar-refractivity contribution in [2.75, 3.05) is 68.0 Å². The smallest absolute Gasteiger partial charge is 0.247 e. The second kappa shape index (κ2) is 10.5. The van der Waals surface area contributed by atoms with Gasteiger partial charge in [-0.1, -0.05) is 36.4 Å². The van der Waals surface area contributed by atoms with Crippen LogP contribution in [0.15, 0.2) is 66.7 Å². The van der Waals surface area contributed by atoms with Crippen molar-refractivity contribution in [3.05, 3.63) is 72.3 Å². The molecule has 4 aromatic rings. The predicted octanol–water partition coefficient (Wildman–Crippen LogP) is 4.46. The van der Waals surface area contributed by atoms with Crippen molar-refractivity contribution >= 4 is 33.6 Å². The number of fused-ring (bicyclic) bond motifs is 1. The van der Waals surface area contributed by atoms with Gasteiger partial charge < -0.3 is 15.1 Å². The van der Waals surface area contributed by atoms with Crippen LogP contribution in [0.4, 0.5) is 17.3 Å². The monoisotopic (exact) mass is 533 g/mol. The highest BCUT2D eigenvalue weighted by Crippen LogP contribution is 2.40. The van der Waals surface area contributed by atoms with Crippen LogP contribution in [-0.2, 0) is 6.54 Å². The van der Waals surface area contributed by atoms with E-state index < -0.39 is 10.6 Å². The largest absolute Gasteiger partial charge is 0.369 e. The molecule has 2 aromatic heterocycles. The van der Waals surface area contributed by atoms with Gasteiger partial charge in [0.25, 0.3) is 0 Å². The number of pyridine rings is 1. The quantitative estimate of drug-likeness (QED) is 0.335. The summed E-state index contributed by atoms with van der Waals surface area (Å²) in [5.74, 6) is 1.51. The van der Waals surface area contributed by atoms with E-state index in [0.29, 0.717) is 17.5 Å². The Balaban J connectivity index is 1.17. The Bertz CT molecular complexity index is 1390. The molecule has 10 heteroatoms. The molecule has 0 bridgehead atoms. The third-order valence-electron chi connectivity index (χ3n) is 7.46. The Kier molecular flexibility index (Phi) is 6.98. The SMILES string of the molecule is CN1CCN(c2cccc(Nc3nc4cccc(-c5ccc(CN6CCS(O)(O)CC6)cc5)n4n3)c2)CC1. The van der Waals surface area contributed by atoms with Crippen molar-refractivity contribution < 1.29 is 9.11 Å². The summed E-state index contributed by atoms with van der Waals surface area (Å²) in [6, 6.07) is 23.0. The van der Waals surface area contributed by atoms with Crippen LogP contribution in [-0.4, -0.2) is 91.3 Å². The summed E-state index contributed by atoms with van der Waals surface area (Å²) in [6.45, 7) is 6.45. The van der Waals surface area contributed by atoms with E-state index >= 15 is 0 Å². The zero-order valence-corrected chi connectivity index (χ0v) is 22.5. The van der Waals surface area contributed by atoms with Crippen molar-refractivity contribution in [2.45, 2.75) is 6.54 Å². The molecule has 2 fully saturated rings. The Labute approximate surface area is 225 Å². The number of benzene rings is 2. The molecule has 2 aromatic carbocycles. The van der Waals surface area contributed by atoms with Crippen LogP contribution in [0, 0.1) is 0 Å². The zero-order chi connectivity index (χ0) is 26.1.